The number of nitrogens with two attached hydrogens (primary N) is 1. The van der Waals surface area contributed by atoms with E-state index in [1.54, 1.807) is 12.1 Å². The number of benzene rings is 2. The number of rotatable bonds is 5. The first kappa shape index (κ1) is 18.5. The average Bonchev–Trinajstić information content (AvgIpc) is 2.45. The zero-order valence-electron chi connectivity index (χ0n) is 12.1. The van der Waals surface area contributed by atoms with Crippen LogP contribution in [0.5, 0.6) is 17.2 Å². The summed E-state index contributed by atoms with van der Waals surface area (Å²) >= 11 is 5.74. The molecule has 8 nitrogen and oxygen atoms in total. The van der Waals surface area contributed by atoms with E-state index in [1.807, 2.05) is 0 Å². The van der Waals surface area contributed by atoms with Crippen LogP contribution >= 0.6 is 11.6 Å². The lowest BCUT2D eigenvalue weighted by molar-refractivity contribution is 0.412. The van der Waals surface area contributed by atoms with E-state index in [2.05, 4.69) is 0 Å². The van der Waals surface area contributed by atoms with E-state index in [-0.39, 0.29) is 11.5 Å². The monoisotopic (exact) mass is 392 g/mol. The van der Waals surface area contributed by atoms with Crippen molar-refractivity contribution in [1.82, 2.24) is 0 Å². The predicted octanol–water partition coefficient (Wildman–Crippen LogP) is 1.69. The maximum atomic E-state index is 11.7. The van der Waals surface area contributed by atoms with Gasteiger partial charge in [-0.1, -0.05) is 11.6 Å². The molecule has 2 N–H and O–H groups in total. The van der Waals surface area contributed by atoms with Gasteiger partial charge < -0.3 is 14.0 Å². The van der Waals surface area contributed by atoms with E-state index in [1.165, 1.54) is 19.2 Å². The van der Waals surface area contributed by atoms with Gasteiger partial charge in [-0.2, -0.15) is 0 Å². The van der Waals surface area contributed by atoms with Gasteiger partial charge in [0.1, 0.15) is 32.3 Å². The fourth-order valence-corrected chi connectivity index (χ4v) is 3.52. The summed E-state index contributed by atoms with van der Waals surface area (Å²) in [4.78, 5) is -1.59. The zero-order chi connectivity index (χ0) is 18.1. The zero-order valence-corrected chi connectivity index (χ0v) is 14.5. The normalized spacial score (nSPS) is 12.0. The molecule has 0 spiro atoms. The van der Waals surface area contributed by atoms with E-state index in [0.717, 1.165) is 6.07 Å². The van der Waals surface area contributed by atoms with E-state index in [9.17, 15) is 21.4 Å². The molecule has 0 heterocycles. The van der Waals surface area contributed by atoms with Crippen LogP contribution in [0.15, 0.2) is 46.2 Å². The maximum absolute atomic E-state index is 11.7. The number of halogens is 1. The molecule has 0 fully saturated rings. The van der Waals surface area contributed by atoms with Crippen LogP contribution in [0.2, 0.25) is 5.02 Å². The van der Waals surface area contributed by atoms with Gasteiger partial charge in [-0.05, 0) is 30.3 Å². The first-order valence-electron chi connectivity index (χ1n) is 6.16. The summed E-state index contributed by atoms with van der Waals surface area (Å²) < 4.78 is 67.1. The molecule has 0 unspecified atom stereocenters. The Morgan fingerprint density at radius 1 is 1.00 bits per heavy atom. The highest BCUT2D eigenvalue weighted by atomic mass is 35.5. The Morgan fingerprint density at radius 2 is 1.54 bits per heavy atom. The van der Waals surface area contributed by atoms with Crippen molar-refractivity contribution in [2.75, 3.05) is 7.11 Å². The fraction of sp³-hybridized carbons (Fsp3) is 0.0769. The van der Waals surface area contributed by atoms with Crippen LogP contribution in [0, 0.1) is 0 Å². The number of ether oxygens (including phenoxy) is 2. The van der Waals surface area contributed by atoms with Crippen LogP contribution in [-0.2, 0) is 20.1 Å². The highest BCUT2D eigenvalue weighted by Crippen LogP contribution is 2.35. The molecule has 11 heteroatoms. The smallest absolute Gasteiger partial charge is 0.241 e. The molecule has 0 saturated heterocycles. The van der Waals surface area contributed by atoms with E-state index >= 15 is 0 Å². The molecule has 0 saturated carbocycles. The van der Waals surface area contributed by atoms with Crippen molar-refractivity contribution in [2.45, 2.75) is 9.79 Å². The molecule has 0 aliphatic carbocycles. The van der Waals surface area contributed by atoms with Crippen LogP contribution in [-0.4, -0.2) is 28.5 Å². The number of hydrogen-bond acceptors (Lipinski definition) is 7. The Kier molecular flexibility index (Phi) is 5.06. The van der Waals surface area contributed by atoms with Crippen molar-refractivity contribution < 1.29 is 30.9 Å². The molecule has 24 heavy (non-hydrogen) atoms. The minimum atomic E-state index is -4.99. The lowest BCUT2D eigenvalue weighted by Crippen LogP contribution is -2.14. The molecule has 130 valence electrons. The van der Waals surface area contributed by atoms with Crippen LogP contribution in [0.4, 0.5) is 0 Å². The fourth-order valence-electron chi connectivity index (χ4n) is 1.78. The van der Waals surface area contributed by atoms with Crippen LogP contribution < -0.4 is 14.6 Å². The molecule has 2 aromatic carbocycles. The van der Waals surface area contributed by atoms with Crippen molar-refractivity contribution in [3.8, 4) is 17.2 Å². The summed E-state index contributed by atoms with van der Waals surface area (Å²) in [5.74, 6) is 0.439. The van der Waals surface area contributed by atoms with Crippen molar-refractivity contribution in [1.29, 1.82) is 0 Å². The van der Waals surface area contributed by atoms with Gasteiger partial charge in [-0.3, -0.25) is 0 Å². The highest BCUT2D eigenvalue weighted by molar-refractivity contribution is 7.89. The minimum Gasteiger partial charge on any atom is -0.744 e. The predicted molar refractivity (Wildman–Crippen MR) is 83.9 cm³/mol. The summed E-state index contributed by atoms with van der Waals surface area (Å²) in [6, 6.07) is 7.55. The third kappa shape index (κ3) is 4.16. The number of primary sulfonamides is 1. The van der Waals surface area contributed by atoms with E-state index in [0.29, 0.717) is 11.8 Å². The van der Waals surface area contributed by atoms with E-state index < -0.39 is 35.0 Å². The molecule has 2 aromatic rings. The first-order chi connectivity index (χ1) is 11.0. The van der Waals surface area contributed by atoms with Crippen molar-refractivity contribution in [3.05, 3.63) is 41.4 Å². The largest absolute Gasteiger partial charge is 0.744 e. The molecule has 0 amide bonds. The van der Waals surface area contributed by atoms with Gasteiger partial charge in [0.15, 0.2) is 0 Å². The SMILES string of the molecule is COc1ccc(Oc2cc(Cl)c(S(=O)(=O)[O-])cc2S(N)(=O)=O)cc1. The molecule has 0 aliphatic heterocycles. The Hall–Kier alpha value is -1.85. The Labute approximate surface area is 143 Å². The molecular weight excluding hydrogens is 382 g/mol. The molecular formula is C13H11ClNO7S2-. The second-order valence-corrected chi connectivity index (χ2v) is 7.79. The average molecular weight is 393 g/mol. The topological polar surface area (TPSA) is 136 Å². The molecule has 2 rings (SSSR count). The summed E-state index contributed by atoms with van der Waals surface area (Å²) in [7, 11) is -7.90. The second kappa shape index (κ2) is 6.57. The van der Waals surface area contributed by atoms with Gasteiger partial charge in [-0.15, -0.1) is 0 Å². The Bertz CT molecular complexity index is 970. The van der Waals surface area contributed by atoms with Gasteiger partial charge in [0, 0.05) is 6.07 Å². The number of methoxy groups -OCH3 is 1. The van der Waals surface area contributed by atoms with Crippen LogP contribution in [0.25, 0.3) is 0 Å². The molecule has 0 radical (unpaired) electrons. The molecule has 0 bridgehead atoms. The molecule has 0 aromatic heterocycles. The highest BCUT2D eigenvalue weighted by Gasteiger charge is 2.21. The van der Waals surface area contributed by atoms with Crippen molar-refractivity contribution in [3.63, 3.8) is 0 Å². The first-order valence-corrected chi connectivity index (χ1v) is 9.50. The second-order valence-electron chi connectivity index (χ2n) is 4.51. The minimum absolute atomic E-state index is 0.217. The Balaban J connectivity index is 2.58. The molecule has 0 atom stereocenters. The van der Waals surface area contributed by atoms with Gasteiger partial charge in [0.2, 0.25) is 10.0 Å². The third-order valence-electron chi connectivity index (χ3n) is 2.86. The number of hydrogen-bond donors (Lipinski definition) is 1. The van der Waals surface area contributed by atoms with Gasteiger partial charge >= 0.3 is 0 Å². The third-order valence-corrected chi connectivity index (χ3v) is 5.09. The summed E-state index contributed by atoms with van der Waals surface area (Å²) in [6.45, 7) is 0. The standard InChI is InChI=1S/C13H12ClNO7S2/c1-21-8-2-4-9(5-3-8)22-11-6-10(14)12(24(18,19)20)7-13(11)23(15,16)17/h2-7H,1H3,(H2,15,16,17)(H,18,19,20)/p-1. The van der Waals surface area contributed by atoms with Gasteiger partial charge in [-0.25, -0.2) is 22.0 Å². The van der Waals surface area contributed by atoms with Crippen LogP contribution in [0.1, 0.15) is 0 Å². The Morgan fingerprint density at radius 3 is 2.00 bits per heavy atom. The van der Waals surface area contributed by atoms with Gasteiger partial charge in [0.05, 0.1) is 17.0 Å². The van der Waals surface area contributed by atoms with Crippen molar-refractivity contribution >= 4 is 31.7 Å². The summed E-state index contributed by atoms with van der Waals surface area (Å²) in [5.41, 5.74) is 0. The number of sulfonamides is 1. The lowest BCUT2D eigenvalue weighted by Gasteiger charge is -2.15. The quantitative estimate of drug-likeness (QED) is 0.764. The van der Waals surface area contributed by atoms with Crippen molar-refractivity contribution in [2.24, 2.45) is 5.14 Å². The van der Waals surface area contributed by atoms with Crippen LogP contribution in [0.3, 0.4) is 0 Å². The summed E-state index contributed by atoms with van der Waals surface area (Å²) in [5, 5.41) is 4.57. The van der Waals surface area contributed by atoms with E-state index in [4.69, 9.17) is 26.2 Å². The lowest BCUT2D eigenvalue weighted by atomic mass is 10.3. The molecule has 0 aliphatic rings. The summed E-state index contributed by atoms with van der Waals surface area (Å²) in [6.07, 6.45) is 0. The maximum Gasteiger partial charge on any atom is 0.241 e. The van der Waals surface area contributed by atoms with Gasteiger partial charge in [0.25, 0.3) is 0 Å².